The van der Waals surface area contributed by atoms with Gasteiger partial charge in [-0.3, -0.25) is 0 Å². The van der Waals surface area contributed by atoms with E-state index in [0.717, 1.165) is 12.8 Å². The number of nitriles is 1. The molecule has 1 nitrogen and oxygen atoms in total. The Labute approximate surface area is 69.0 Å². The largest absolute Gasteiger partial charge is 0.193 e. The van der Waals surface area contributed by atoms with Crippen molar-refractivity contribution in [3.8, 4) is 6.07 Å². The Morgan fingerprint density at radius 2 is 1.82 bits per heavy atom. The Balaban J connectivity index is 3.03. The van der Waals surface area contributed by atoms with Gasteiger partial charge in [-0.05, 0) is 32.6 Å². The zero-order chi connectivity index (χ0) is 8.36. The van der Waals surface area contributed by atoms with Gasteiger partial charge in [-0.15, -0.1) is 0 Å². The molecule has 1 heteroatoms. The van der Waals surface area contributed by atoms with E-state index in [2.05, 4.69) is 12.2 Å². The SMILES string of the molecule is C/C=C\CCCC/C=C\C#N. The fourth-order valence-electron chi connectivity index (χ4n) is 0.827. The van der Waals surface area contributed by atoms with Crippen molar-refractivity contribution in [3.63, 3.8) is 0 Å². The van der Waals surface area contributed by atoms with Crippen LogP contribution in [0.1, 0.15) is 32.6 Å². The van der Waals surface area contributed by atoms with Crippen LogP contribution in [0, 0.1) is 11.3 Å². The maximum atomic E-state index is 8.16. The fraction of sp³-hybridized carbons (Fsp3) is 0.500. The van der Waals surface area contributed by atoms with Crippen molar-refractivity contribution in [2.75, 3.05) is 0 Å². The van der Waals surface area contributed by atoms with Gasteiger partial charge in [-0.1, -0.05) is 18.2 Å². The van der Waals surface area contributed by atoms with Crippen LogP contribution in [-0.4, -0.2) is 0 Å². The molecular weight excluding hydrogens is 134 g/mol. The molecule has 0 unspecified atom stereocenters. The quantitative estimate of drug-likeness (QED) is 0.334. The average Bonchev–Trinajstić information content (AvgIpc) is 2.03. The normalized spacial score (nSPS) is 10.9. The molecule has 0 spiro atoms. The third-order valence-corrected chi connectivity index (χ3v) is 1.42. The highest BCUT2D eigenvalue weighted by Gasteiger charge is 1.81. The van der Waals surface area contributed by atoms with Crippen molar-refractivity contribution in [2.45, 2.75) is 32.6 Å². The monoisotopic (exact) mass is 149 g/mol. The van der Waals surface area contributed by atoms with Crippen LogP contribution >= 0.6 is 0 Å². The van der Waals surface area contributed by atoms with Crippen LogP contribution in [0.2, 0.25) is 0 Å². The van der Waals surface area contributed by atoms with Crippen molar-refractivity contribution in [2.24, 2.45) is 0 Å². The van der Waals surface area contributed by atoms with Crippen molar-refractivity contribution in [1.29, 1.82) is 5.26 Å². The maximum Gasteiger partial charge on any atom is 0.0908 e. The van der Waals surface area contributed by atoms with Gasteiger partial charge in [-0.25, -0.2) is 0 Å². The number of nitrogens with zero attached hydrogens (tertiary/aromatic N) is 1. The predicted octanol–water partition coefficient (Wildman–Crippen LogP) is 3.20. The van der Waals surface area contributed by atoms with Gasteiger partial charge in [0, 0.05) is 6.08 Å². The average molecular weight is 149 g/mol. The van der Waals surface area contributed by atoms with Gasteiger partial charge in [0.05, 0.1) is 6.07 Å². The topological polar surface area (TPSA) is 23.8 Å². The molecule has 0 saturated carbocycles. The van der Waals surface area contributed by atoms with Gasteiger partial charge in [0.1, 0.15) is 0 Å². The van der Waals surface area contributed by atoms with E-state index in [1.54, 1.807) is 6.08 Å². The number of unbranched alkanes of at least 4 members (excludes halogenated alkanes) is 3. The Kier molecular flexibility index (Phi) is 8.13. The number of hydrogen-bond acceptors (Lipinski definition) is 1. The van der Waals surface area contributed by atoms with Gasteiger partial charge in [0.15, 0.2) is 0 Å². The van der Waals surface area contributed by atoms with Crippen molar-refractivity contribution >= 4 is 0 Å². The van der Waals surface area contributed by atoms with E-state index in [-0.39, 0.29) is 0 Å². The van der Waals surface area contributed by atoms with E-state index >= 15 is 0 Å². The highest BCUT2D eigenvalue weighted by atomic mass is 14.2. The standard InChI is InChI=1S/C10H15N/c1-2-3-4-5-6-7-8-9-10-11/h2-3,8-9H,4-7H2,1H3/b3-2-,9-8-. The molecule has 0 amide bonds. The van der Waals surface area contributed by atoms with Crippen LogP contribution < -0.4 is 0 Å². The van der Waals surface area contributed by atoms with Gasteiger partial charge < -0.3 is 0 Å². The zero-order valence-electron chi connectivity index (χ0n) is 7.09. The van der Waals surface area contributed by atoms with E-state index in [9.17, 15) is 0 Å². The van der Waals surface area contributed by atoms with E-state index in [0.29, 0.717) is 0 Å². The molecule has 0 aromatic rings. The molecule has 0 N–H and O–H groups in total. The lowest BCUT2D eigenvalue weighted by atomic mass is 10.2. The number of allylic oxidation sites excluding steroid dienone is 4. The van der Waals surface area contributed by atoms with Gasteiger partial charge in [0.25, 0.3) is 0 Å². The Hall–Kier alpha value is -1.03. The molecule has 0 heterocycles. The Morgan fingerprint density at radius 3 is 2.36 bits per heavy atom. The van der Waals surface area contributed by atoms with Gasteiger partial charge >= 0.3 is 0 Å². The molecule has 0 radical (unpaired) electrons. The summed E-state index contributed by atoms with van der Waals surface area (Å²) in [6.45, 7) is 2.04. The molecule has 0 rings (SSSR count). The smallest absolute Gasteiger partial charge is 0.0908 e. The summed E-state index contributed by atoms with van der Waals surface area (Å²) in [6.07, 6.45) is 12.3. The van der Waals surface area contributed by atoms with E-state index in [1.807, 2.05) is 19.1 Å². The summed E-state index contributed by atoms with van der Waals surface area (Å²) in [5.74, 6) is 0. The molecule has 0 aromatic heterocycles. The summed E-state index contributed by atoms with van der Waals surface area (Å²) in [4.78, 5) is 0. The summed E-state index contributed by atoms with van der Waals surface area (Å²) in [5.41, 5.74) is 0. The molecule has 0 bridgehead atoms. The first-order valence-corrected chi connectivity index (χ1v) is 4.07. The van der Waals surface area contributed by atoms with Gasteiger partial charge in [0.2, 0.25) is 0 Å². The van der Waals surface area contributed by atoms with E-state index in [4.69, 9.17) is 5.26 Å². The summed E-state index contributed by atoms with van der Waals surface area (Å²) < 4.78 is 0. The summed E-state index contributed by atoms with van der Waals surface area (Å²) >= 11 is 0. The molecule has 0 aliphatic rings. The third-order valence-electron chi connectivity index (χ3n) is 1.42. The predicted molar refractivity (Wildman–Crippen MR) is 48.0 cm³/mol. The lowest BCUT2D eigenvalue weighted by Gasteiger charge is -1.90. The molecule has 0 aliphatic heterocycles. The van der Waals surface area contributed by atoms with Crippen molar-refractivity contribution in [3.05, 3.63) is 24.3 Å². The zero-order valence-corrected chi connectivity index (χ0v) is 7.09. The number of hydrogen-bond donors (Lipinski definition) is 0. The van der Waals surface area contributed by atoms with Crippen LogP contribution in [0.3, 0.4) is 0 Å². The lowest BCUT2D eigenvalue weighted by molar-refractivity contribution is 0.762. The first-order chi connectivity index (χ1) is 5.41. The van der Waals surface area contributed by atoms with Crippen LogP contribution in [0.25, 0.3) is 0 Å². The summed E-state index contributed by atoms with van der Waals surface area (Å²) in [5, 5.41) is 8.16. The number of rotatable bonds is 5. The molecule has 0 saturated heterocycles. The molecule has 0 aromatic carbocycles. The molecule has 11 heavy (non-hydrogen) atoms. The third kappa shape index (κ3) is 8.97. The van der Waals surface area contributed by atoms with Crippen LogP contribution in [0.15, 0.2) is 24.3 Å². The van der Waals surface area contributed by atoms with Crippen molar-refractivity contribution in [1.82, 2.24) is 0 Å². The first kappa shape index (κ1) is 9.97. The van der Waals surface area contributed by atoms with Crippen LogP contribution in [-0.2, 0) is 0 Å². The minimum absolute atomic E-state index is 1.03. The van der Waals surface area contributed by atoms with Crippen molar-refractivity contribution < 1.29 is 0 Å². The first-order valence-electron chi connectivity index (χ1n) is 4.07. The van der Waals surface area contributed by atoms with Gasteiger partial charge in [-0.2, -0.15) is 5.26 Å². The fourth-order valence-corrected chi connectivity index (χ4v) is 0.827. The summed E-state index contributed by atoms with van der Waals surface area (Å²) in [7, 11) is 0. The van der Waals surface area contributed by atoms with E-state index in [1.165, 1.54) is 12.8 Å². The summed E-state index contributed by atoms with van der Waals surface area (Å²) in [6, 6.07) is 1.98. The molecular formula is C10H15N. The Morgan fingerprint density at radius 1 is 1.18 bits per heavy atom. The second kappa shape index (κ2) is 8.97. The van der Waals surface area contributed by atoms with Crippen LogP contribution in [0.5, 0.6) is 0 Å². The highest BCUT2D eigenvalue weighted by Crippen LogP contribution is 2.00. The molecule has 0 fully saturated rings. The maximum absolute atomic E-state index is 8.16. The minimum Gasteiger partial charge on any atom is -0.193 e. The second-order valence-corrected chi connectivity index (χ2v) is 2.38. The highest BCUT2D eigenvalue weighted by molar-refractivity contribution is 5.01. The van der Waals surface area contributed by atoms with Crippen LogP contribution in [0.4, 0.5) is 0 Å². The Bertz CT molecular complexity index is 160. The molecule has 60 valence electrons. The molecule has 0 atom stereocenters. The lowest BCUT2D eigenvalue weighted by Crippen LogP contribution is -1.71. The minimum atomic E-state index is 1.03. The second-order valence-electron chi connectivity index (χ2n) is 2.38. The molecule has 0 aliphatic carbocycles. The van der Waals surface area contributed by atoms with E-state index < -0.39 is 0 Å².